The minimum Gasteiger partial charge on any atom is -0.393 e. The molecule has 0 aliphatic rings. The first-order chi connectivity index (χ1) is 8.70. The van der Waals surface area contributed by atoms with E-state index in [1.54, 1.807) is 24.1 Å². The molecule has 0 saturated carbocycles. The van der Waals surface area contributed by atoms with Crippen LogP contribution in [-0.4, -0.2) is 43.8 Å². The number of anilines is 1. The number of sulfone groups is 1. The molecule has 0 aliphatic carbocycles. The summed E-state index contributed by atoms with van der Waals surface area (Å²) < 4.78 is 22.1. The predicted molar refractivity (Wildman–Crippen MR) is 73.6 cm³/mol. The lowest BCUT2D eigenvalue weighted by molar-refractivity contribution is -0.384. The van der Waals surface area contributed by atoms with E-state index in [9.17, 15) is 18.5 Å². The zero-order valence-corrected chi connectivity index (χ0v) is 11.7. The smallest absolute Gasteiger partial charge is 0.292 e. The molecule has 0 radical (unpaired) electrons. The standard InChI is InChI=1S/C11H17N3O4S/c1-13(6-7-19(2,17)18)8-9-4-3-5-10(11(9)12)14(15)16/h3-5H,6-8,12H2,1-2H3. The van der Waals surface area contributed by atoms with Crippen LogP contribution in [0.15, 0.2) is 18.2 Å². The van der Waals surface area contributed by atoms with E-state index in [0.717, 1.165) is 0 Å². The topological polar surface area (TPSA) is 107 Å². The highest BCUT2D eigenvalue weighted by molar-refractivity contribution is 7.90. The molecule has 1 aromatic carbocycles. The van der Waals surface area contributed by atoms with Gasteiger partial charge >= 0.3 is 0 Å². The number of para-hydroxylation sites is 1. The summed E-state index contributed by atoms with van der Waals surface area (Å²) in [5.41, 5.74) is 6.34. The van der Waals surface area contributed by atoms with Crippen molar-refractivity contribution in [3.8, 4) is 0 Å². The Morgan fingerprint density at radius 2 is 2.05 bits per heavy atom. The number of nitrogens with two attached hydrogens (primary N) is 1. The quantitative estimate of drug-likeness (QED) is 0.468. The van der Waals surface area contributed by atoms with Crippen molar-refractivity contribution >= 4 is 21.2 Å². The highest BCUT2D eigenvalue weighted by atomic mass is 32.2. The van der Waals surface area contributed by atoms with Gasteiger partial charge in [-0.25, -0.2) is 8.42 Å². The molecule has 0 aromatic heterocycles. The van der Waals surface area contributed by atoms with Gasteiger partial charge in [-0.05, 0) is 12.6 Å². The summed E-state index contributed by atoms with van der Waals surface area (Å²) in [6.45, 7) is 0.712. The Morgan fingerprint density at radius 1 is 1.42 bits per heavy atom. The summed E-state index contributed by atoms with van der Waals surface area (Å²) in [6.07, 6.45) is 1.17. The summed E-state index contributed by atoms with van der Waals surface area (Å²) in [7, 11) is -1.28. The Bertz CT molecular complexity index is 571. The van der Waals surface area contributed by atoms with Crippen molar-refractivity contribution in [1.82, 2.24) is 4.90 Å². The van der Waals surface area contributed by atoms with Crippen LogP contribution in [0.4, 0.5) is 11.4 Å². The van der Waals surface area contributed by atoms with Crippen LogP contribution in [0.1, 0.15) is 5.56 Å². The largest absolute Gasteiger partial charge is 0.393 e. The van der Waals surface area contributed by atoms with Crippen LogP contribution >= 0.6 is 0 Å². The van der Waals surface area contributed by atoms with Crippen LogP contribution in [0.3, 0.4) is 0 Å². The molecule has 0 saturated heterocycles. The third-order valence-electron chi connectivity index (χ3n) is 2.65. The van der Waals surface area contributed by atoms with E-state index in [0.29, 0.717) is 18.7 Å². The summed E-state index contributed by atoms with van der Waals surface area (Å²) in [5.74, 6) is 0.0400. The van der Waals surface area contributed by atoms with Crippen molar-refractivity contribution in [2.24, 2.45) is 0 Å². The van der Waals surface area contributed by atoms with Gasteiger partial charge in [-0.15, -0.1) is 0 Å². The Balaban J connectivity index is 2.77. The molecule has 106 valence electrons. The van der Waals surface area contributed by atoms with Crippen molar-refractivity contribution in [3.63, 3.8) is 0 Å². The zero-order valence-electron chi connectivity index (χ0n) is 10.9. The third kappa shape index (κ3) is 4.84. The number of benzene rings is 1. The van der Waals surface area contributed by atoms with E-state index in [4.69, 9.17) is 5.73 Å². The van der Waals surface area contributed by atoms with Gasteiger partial charge in [0.1, 0.15) is 15.5 Å². The lowest BCUT2D eigenvalue weighted by atomic mass is 10.1. The van der Waals surface area contributed by atoms with Crippen LogP contribution in [0.5, 0.6) is 0 Å². The lowest BCUT2D eigenvalue weighted by Crippen LogP contribution is -2.25. The van der Waals surface area contributed by atoms with Gasteiger partial charge in [0.05, 0.1) is 10.7 Å². The highest BCUT2D eigenvalue weighted by Crippen LogP contribution is 2.25. The van der Waals surface area contributed by atoms with E-state index >= 15 is 0 Å². The van der Waals surface area contributed by atoms with E-state index < -0.39 is 14.8 Å². The maximum Gasteiger partial charge on any atom is 0.292 e. The summed E-state index contributed by atoms with van der Waals surface area (Å²) in [6, 6.07) is 4.60. The van der Waals surface area contributed by atoms with Gasteiger partial charge in [0.25, 0.3) is 5.69 Å². The SMILES string of the molecule is CN(CCS(C)(=O)=O)Cc1cccc([N+](=O)[O-])c1N. The number of hydrogen-bond donors (Lipinski definition) is 1. The van der Waals surface area contributed by atoms with Crippen LogP contribution in [0.25, 0.3) is 0 Å². The molecule has 0 spiro atoms. The van der Waals surface area contributed by atoms with Gasteiger partial charge in [-0.2, -0.15) is 0 Å². The van der Waals surface area contributed by atoms with E-state index in [1.165, 1.54) is 12.3 Å². The van der Waals surface area contributed by atoms with Gasteiger partial charge < -0.3 is 10.6 Å². The summed E-state index contributed by atoms with van der Waals surface area (Å²) in [4.78, 5) is 12.0. The summed E-state index contributed by atoms with van der Waals surface area (Å²) >= 11 is 0. The van der Waals surface area contributed by atoms with Gasteiger partial charge in [0, 0.05) is 25.4 Å². The molecule has 1 aromatic rings. The minimum absolute atomic E-state index is 0.0400. The predicted octanol–water partition coefficient (Wildman–Crippen LogP) is 0.653. The number of hydrogen-bond acceptors (Lipinski definition) is 6. The van der Waals surface area contributed by atoms with Gasteiger partial charge in [0.15, 0.2) is 0 Å². The maximum absolute atomic E-state index is 11.1. The van der Waals surface area contributed by atoms with Gasteiger partial charge in [-0.1, -0.05) is 12.1 Å². The van der Waals surface area contributed by atoms with Crippen molar-refractivity contribution in [3.05, 3.63) is 33.9 Å². The number of nitro groups is 1. The maximum atomic E-state index is 11.1. The molecule has 0 bridgehead atoms. The fraction of sp³-hybridized carbons (Fsp3) is 0.455. The monoisotopic (exact) mass is 287 g/mol. The van der Waals surface area contributed by atoms with Crippen LogP contribution in [0, 0.1) is 10.1 Å². The fourth-order valence-electron chi connectivity index (χ4n) is 1.59. The molecule has 1 rings (SSSR count). The second-order valence-electron chi connectivity index (χ2n) is 4.47. The molecule has 0 unspecified atom stereocenters. The van der Waals surface area contributed by atoms with Crippen molar-refractivity contribution in [2.75, 3.05) is 31.3 Å². The average molecular weight is 287 g/mol. The number of rotatable bonds is 6. The lowest BCUT2D eigenvalue weighted by Gasteiger charge is -2.17. The molecule has 7 nitrogen and oxygen atoms in total. The number of nitrogen functional groups attached to an aromatic ring is 1. The number of nitro benzene ring substituents is 1. The Hall–Kier alpha value is -1.67. The van der Waals surface area contributed by atoms with Crippen molar-refractivity contribution < 1.29 is 13.3 Å². The number of nitrogens with zero attached hydrogens (tertiary/aromatic N) is 2. The highest BCUT2D eigenvalue weighted by Gasteiger charge is 2.15. The van der Waals surface area contributed by atoms with Crippen LogP contribution < -0.4 is 5.73 Å². The fourth-order valence-corrected chi connectivity index (χ4v) is 2.23. The molecule has 2 N–H and O–H groups in total. The second kappa shape index (κ2) is 5.98. The summed E-state index contributed by atoms with van der Waals surface area (Å²) in [5, 5.41) is 10.7. The average Bonchev–Trinajstić information content (AvgIpc) is 2.28. The first kappa shape index (κ1) is 15.4. The molecule has 0 atom stereocenters. The molecular weight excluding hydrogens is 270 g/mol. The van der Waals surface area contributed by atoms with Crippen LogP contribution in [0.2, 0.25) is 0 Å². The Labute approximate surface area is 112 Å². The Morgan fingerprint density at radius 3 is 2.58 bits per heavy atom. The first-order valence-electron chi connectivity index (χ1n) is 5.58. The van der Waals surface area contributed by atoms with E-state index in [2.05, 4.69) is 0 Å². The molecule has 0 aliphatic heterocycles. The normalized spacial score (nSPS) is 11.7. The molecule has 0 amide bonds. The minimum atomic E-state index is -3.02. The van der Waals surface area contributed by atoms with Crippen LogP contribution in [-0.2, 0) is 16.4 Å². The molecule has 19 heavy (non-hydrogen) atoms. The first-order valence-corrected chi connectivity index (χ1v) is 7.65. The van der Waals surface area contributed by atoms with Crippen molar-refractivity contribution in [1.29, 1.82) is 0 Å². The Kier molecular flexibility index (Phi) is 4.84. The van der Waals surface area contributed by atoms with Gasteiger partial charge in [-0.3, -0.25) is 10.1 Å². The van der Waals surface area contributed by atoms with E-state index in [1.807, 2.05) is 0 Å². The second-order valence-corrected chi connectivity index (χ2v) is 6.73. The van der Waals surface area contributed by atoms with Gasteiger partial charge in [0.2, 0.25) is 0 Å². The molecule has 8 heteroatoms. The third-order valence-corrected chi connectivity index (χ3v) is 3.58. The molecule has 0 fully saturated rings. The van der Waals surface area contributed by atoms with Crippen molar-refractivity contribution in [2.45, 2.75) is 6.54 Å². The molecular formula is C11H17N3O4S. The zero-order chi connectivity index (χ0) is 14.6. The molecule has 0 heterocycles. The van der Waals surface area contributed by atoms with E-state index in [-0.39, 0.29) is 17.1 Å².